The summed E-state index contributed by atoms with van der Waals surface area (Å²) in [5.74, 6) is 0.508. The fourth-order valence-corrected chi connectivity index (χ4v) is 1.97. The van der Waals surface area contributed by atoms with Gasteiger partial charge < -0.3 is 4.74 Å². The van der Waals surface area contributed by atoms with Crippen molar-refractivity contribution in [2.75, 3.05) is 0 Å². The SMILES string of the molecule is Cc1ccc([N+](=O)[O-])cc1OCc1cncc(Br)c1. The molecule has 0 spiro atoms. The quantitative estimate of drug-likeness (QED) is 0.636. The summed E-state index contributed by atoms with van der Waals surface area (Å²) in [6.07, 6.45) is 3.37. The molecule has 6 heteroatoms. The first-order valence-corrected chi connectivity index (χ1v) is 6.33. The van der Waals surface area contributed by atoms with Crippen LogP contribution in [0.5, 0.6) is 5.75 Å². The lowest BCUT2D eigenvalue weighted by atomic mass is 10.2. The van der Waals surface area contributed by atoms with Crippen LogP contribution in [0.2, 0.25) is 0 Å². The maximum absolute atomic E-state index is 10.7. The maximum Gasteiger partial charge on any atom is 0.273 e. The van der Waals surface area contributed by atoms with E-state index < -0.39 is 4.92 Å². The van der Waals surface area contributed by atoms with Gasteiger partial charge in [-0.15, -0.1) is 0 Å². The second kappa shape index (κ2) is 5.79. The van der Waals surface area contributed by atoms with E-state index in [4.69, 9.17) is 4.74 Å². The molecule has 5 nitrogen and oxygen atoms in total. The van der Waals surface area contributed by atoms with E-state index in [0.29, 0.717) is 12.4 Å². The molecular weight excluding hydrogens is 312 g/mol. The lowest BCUT2D eigenvalue weighted by Gasteiger charge is -2.08. The first-order chi connectivity index (χ1) is 9.06. The van der Waals surface area contributed by atoms with Crippen LogP contribution in [0.3, 0.4) is 0 Å². The Hall–Kier alpha value is -1.95. The molecule has 0 aliphatic rings. The van der Waals surface area contributed by atoms with Gasteiger partial charge in [-0.25, -0.2) is 0 Å². The average molecular weight is 323 g/mol. The number of rotatable bonds is 4. The third-order valence-electron chi connectivity index (χ3n) is 2.54. The molecule has 2 aromatic rings. The van der Waals surface area contributed by atoms with Crippen LogP contribution in [0.25, 0.3) is 0 Å². The molecule has 0 N–H and O–H groups in total. The summed E-state index contributed by atoms with van der Waals surface area (Å²) in [4.78, 5) is 14.3. The molecule has 0 atom stereocenters. The Kier molecular flexibility index (Phi) is 4.11. The number of nitro groups is 1. The number of halogens is 1. The van der Waals surface area contributed by atoms with E-state index >= 15 is 0 Å². The lowest BCUT2D eigenvalue weighted by molar-refractivity contribution is -0.385. The van der Waals surface area contributed by atoms with Crippen LogP contribution in [0, 0.1) is 17.0 Å². The van der Waals surface area contributed by atoms with Crippen LogP contribution in [0.1, 0.15) is 11.1 Å². The van der Waals surface area contributed by atoms with E-state index in [9.17, 15) is 10.1 Å². The Morgan fingerprint density at radius 2 is 2.16 bits per heavy atom. The van der Waals surface area contributed by atoms with Crippen molar-refractivity contribution in [1.82, 2.24) is 4.98 Å². The van der Waals surface area contributed by atoms with Crippen LogP contribution in [-0.2, 0) is 6.61 Å². The highest BCUT2D eigenvalue weighted by Gasteiger charge is 2.09. The third-order valence-corrected chi connectivity index (χ3v) is 2.97. The van der Waals surface area contributed by atoms with Crippen LogP contribution >= 0.6 is 15.9 Å². The number of pyridine rings is 1. The highest BCUT2D eigenvalue weighted by atomic mass is 79.9. The van der Waals surface area contributed by atoms with Crippen molar-refractivity contribution in [1.29, 1.82) is 0 Å². The number of aryl methyl sites for hydroxylation is 1. The smallest absolute Gasteiger partial charge is 0.273 e. The molecule has 0 saturated carbocycles. The molecule has 0 bridgehead atoms. The van der Waals surface area contributed by atoms with Crippen molar-refractivity contribution in [3.8, 4) is 5.75 Å². The first-order valence-electron chi connectivity index (χ1n) is 5.53. The standard InChI is InChI=1S/C13H11BrN2O3/c1-9-2-3-12(16(17)18)5-13(9)19-8-10-4-11(14)7-15-6-10/h2-7H,8H2,1H3. The van der Waals surface area contributed by atoms with Crippen LogP contribution in [-0.4, -0.2) is 9.91 Å². The Balaban J connectivity index is 2.15. The minimum absolute atomic E-state index is 0.0213. The molecule has 0 fully saturated rings. The minimum atomic E-state index is -0.438. The largest absolute Gasteiger partial charge is 0.488 e. The Bertz CT molecular complexity index is 617. The number of aromatic nitrogens is 1. The molecular formula is C13H11BrN2O3. The second-order valence-corrected chi connectivity index (χ2v) is 4.92. The Labute approximate surface area is 118 Å². The topological polar surface area (TPSA) is 65.3 Å². The molecule has 0 aliphatic carbocycles. The predicted molar refractivity (Wildman–Crippen MR) is 74.1 cm³/mol. The average Bonchev–Trinajstić information content (AvgIpc) is 2.37. The molecule has 1 heterocycles. The van der Waals surface area contributed by atoms with Gasteiger partial charge in [0.2, 0.25) is 0 Å². The van der Waals surface area contributed by atoms with E-state index in [0.717, 1.165) is 15.6 Å². The molecule has 19 heavy (non-hydrogen) atoms. The van der Waals surface area contributed by atoms with Gasteiger partial charge in [-0.1, -0.05) is 0 Å². The zero-order chi connectivity index (χ0) is 13.8. The summed E-state index contributed by atoms with van der Waals surface area (Å²) in [7, 11) is 0. The zero-order valence-electron chi connectivity index (χ0n) is 10.2. The van der Waals surface area contributed by atoms with E-state index in [1.54, 1.807) is 18.5 Å². The number of hydrogen-bond acceptors (Lipinski definition) is 4. The summed E-state index contributed by atoms with van der Waals surface area (Å²) in [5, 5.41) is 10.7. The van der Waals surface area contributed by atoms with Gasteiger partial charge in [0, 0.05) is 28.5 Å². The highest BCUT2D eigenvalue weighted by molar-refractivity contribution is 9.10. The van der Waals surface area contributed by atoms with Gasteiger partial charge in [0.15, 0.2) is 0 Å². The molecule has 1 aromatic heterocycles. The summed E-state index contributed by atoms with van der Waals surface area (Å²) in [5.41, 5.74) is 1.77. The molecule has 0 radical (unpaired) electrons. The zero-order valence-corrected chi connectivity index (χ0v) is 11.8. The van der Waals surface area contributed by atoms with Crippen LogP contribution in [0.15, 0.2) is 41.1 Å². The van der Waals surface area contributed by atoms with Crippen molar-refractivity contribution in [2.24, 2.45) is 0 Å². The summed E-state index contributed by atoms with van der Waals surface area (Å²) >= 11 is 3.33. The monoisotopic (exact) mass is 322 g/mol. The molecule has 98 valence electrons. The van der Waals surface area contributed by atoms with Crippen LogP contribution < -0.4 is 4.74 Å². The van der Waals surface area contributed by atoms with Crippen molar-refractivity contribution >= 4 is 21.6 Å². The Morgan fingerprint density at radius 1 is 1.37 bits per heavy atom. The van der Waals surface area contributed by atoms with Gasteiger partial charge in [0.1, 0.15) is 12.4 Å². The predicted octanol–water partition coefficient (Wildman–Crippen LogP) is 3.64. The third kappa shape index (κ3) is 3.51. The van der Waals surface area contributed by atoms with E-state index in [1.807, 2.05) is 13.0 Å². The van der Waals surface area contributed by atoms with E-state index in [-0.39, 0.29) is 5.69 Å². The van der Waals surface area contributed by atoms with Gasteiger partial charge in [-0.3, -0.25) is 15.1 Å². The van der Waals surface area contributed by atoms with Gasteiger partial charge >= 0.3 is 0 Å². The minimum Gasteiger partial charge on any atom is -0.488 e. The molecule has 1 aromatic carbocycles. The van der Waals surface area contributed by atoms with Crippen molar-refractivity contribution in [3.63, 3.8) is 0 Å². The number of benzene rings is 1. The molecule has 0 aliphatic heterocycles. The number of nitrogens with zero attached hydrogens (tertiary/aromatic N) is 2. The lowest BCUT2D eigenvalue weighted by Crippen LogP contribution is -1.98. The molecule has 2 rings (SSSR count). The maximum atomic E-state index is 10.7. The number of nitro benzene ring substituents is 1. The number of hydrogen-bond donors (Lipinski definition) is 0. The molecule has 0 unspecified atom stereocenters. The van der Waals surface area contributed by atoms with Crippen molar-refractivity contribution < 1.29 is 9.66 Å². The fraction of sp³-hybridized carbons (Fsp3) is 0.154. The number of non-ortho nitro benzene ring substituents is 1. The van der Waals surface area contributed by atoms with Crippen molar-refractivity contribution in [3.05, 3.63) is 62.4 Å². The highest BCUT2D eigenvalue weighted by Crippen LogP contribution is 2.25. The van der Waals surface area contributed by atoms with Gasteiger partial charge in [0.05, 0.1) is 11.0 Å². The first kappa shape index (κ1) is 13.5. The summed E-state index contributed by atoms with van der Waals surface area (Å²) in [6, 6.07) is 6.45. The Morgan fingerprint density at radius 3 is 2.84 bits per heavy atom. The van der Waals surface area contributed by atoms with E-state index in [1.165, 1.54) is 12.1 Å². The second-order valence-electron chi connectivity index (χ2n) is 4.01. The summed E-state index contributed by atoms with van der Waals surface area (Å²) in [6.45, 7) is 2.16. The van der Waals surface area contributed by atoms with E-state index in [2.05, 4.69) is 20.9 Å². The molecule has 0 amide bonds. The summed E-state index contributed by atoms with van der Waals surface area (Å²) < 4.78 is 6.47. The van der Waals surface area contributed by atoms with Crippen molar-refractivity contribution in [2.45, 2.75) is 13.5 Å². The normalized spacial score (nSPS) is 10.2. The van der Waals surface area contributed by atoms with Gasteiger partial charge in [-0.2, -0.15) is 0 Å². The fourth-order valence-electron chi connectivity index (χ4n) is 1.55. The molecule has 0 saturated heterocycles. The van der Waals surface area contributed by atoms with Gasteiger partial charge in [-0.05, 0) is 40.5 Å². The number of ether oxygens (including phenoxy) is 1. The van der Waals surface area contributed by atoms with Crippen LogP contribution in [0.4, 0.5) is 5.69 Å². The van der Waals surface area contributed by atoms with Gasteiger partial charge in [0.25, 0.3) is 5.69 Å².